The quantitative estimate of drug-likeness (QED) is 0.651. The van der Waals surface area contributed by atoms with Gasteiger partial charge in [0.2, 0.25) is 0 Å². The lowest BCUT2D eigenvalue weighted by Gasteiger charge is -2.03. The largest absolute Gasteiger partial charge is 0.384 e. The van der Waals surface area contributed by atoms with Crippen molar-refractivity contribution in [1.29, 1.82) is 0 Å². The molecule has 2 aromatic rings. The molecule has 0 spiro atoms. The normalized spacial score (nSPS) is 9.65. The molecule has 0 aliphatic rings. The Labute approximate surface area is 115 Å². The van der Waals surface area contributed by atoms with Crippen LogP contribution in [0.5, 0.6) is 0 Å². The molecule has 0 atom stereocenters. The summed E-state index contributed by atoms with van der Waals surface area (Å²) >= 11 is 0. The van der Waals surface area contributed by atoms with Crippen LogP contribution in [-0.2, 0) is 6.42 Å². The maximum Gasteiger partial charge on any atom is 0.269 e. The number of nitrogens with one attached hydrogen (secondary N) is 2. The van der Waals surface area contributed by atoms with Crippen LogP contribution in [0.1, 0.15) is 21.9 Å². The zero-order valence-electron chi connectivity index (χ0n) is 10.6. The van der Waals surface area contributed by atoms with Crippen LogP contribution < -0.4 is 5.32 Å². The van der Waals surface area contributed by atoms with E-state index in [0.717, 1.165) is 0 Å². The van der Waals surface area contributed by atoms with E-state index >= 15 is 0 Å². The Morgan fingerprint density at radius 2 is 2.30 bits per heavy atom. The number of aliphatic hydroxyl groups is 1. The summed E-state index contributed by atoms with van der Waals surface area (Å²) in [7, 11) is 0. The number of H-pyrrole nitrogens is 1. The van der Waals surface area contributed by atoms with Crippen LogP contribution in [0.3, 0.4) is 0 Å². The molecule has 0 aliphatic heterocycles. The van der Waals surface area contributed by atoms with Gasteiger partial charge in [-0.3, -0.25) is 9.89 Å². The van der Waals surface area contributed by atoms with Gasteiger partial charge in [0.1, 0.15) is 24.5 Å². The topological polar surface area (TPSA) is 104 Å². The molecule has 0 saturated carbocycles. The lowest BCUT2D eigenvalue weighted by Crippen LogP contribution is -2.26. The summed E-state index contributed by atoms with van der Waals surface area (Å²) in [6, 6.07) is 3.27. The van der Waals surface area contributed by atoms with Gasteiger partial charge in [0.05, 0.1) is 0 Å². The number of carbonyl (C=O) groups excluding carboxylic acids is 1. The van der Waals surface area contributed by atoms with Crippen molar-refractivity contribution >= 4 is 5.91 Å². The minimum absolute atomic E-state index is 0.204. The fraction of sp³-hybridized carbons (Fsp3) is 0.231. The Kier molecular flexibility index (Phi) is 4.81. The van der Waals surface area contributed by atoms with Crippen molar-refractivity contribution in [3.05, 3.63) is 41.7 Å². The number of aromatic amines is 1. The zero-order valence-corrected chi connectivity index (χ0v) is 10.6. The summed E-state index contributed by atoms with van der Waals surface area (Å²) < 4.78 is 0. The van der Waals surface area contributed by atoms with E-state index in [4.69, 9.17) is 5.11 Å². The molecule has 2 heterocycles. The number of aliphatic hydroxyl groups excluding tert-OH is 1. The summed E-state index contributed by atoms with van der Waals surface area (Å²) in [5, 5.41) is 17.7. The van der Waals surface area contributed by atoms with Gasteiger partial charge in [-0.15, -0.1) is 0 Å². The van der Waals surface area contributed by atoms with Crippen molar-refractivity contribution in [1.82, 2.24) is 25.5 Å². The lowest BCUT2D eigenvalue weighted by molar-refractivity contribution is 0.0949. The molecule has 2 aromatic heterocycles. The van der Waals surface area contributed by atoms with Crippen LogP contribution in [0.25, 0.3) is 0 Å². The van der Waals surface area contributed by atoms with Crippen LogP contribution in [-0.4, -0.2) is 44.3 Å². The van der Waals surface area contributed by atoms with E-state index in [9.17, 15) is 4.79 Å². The molecule has 0 fully saturated rings. The Morgan fingerprint density at radius 1 is 1.40 bits per heavy atom. The first kappa shape index (κ1) is 13.7. The molecule has 0 aromatic carbocycles. The van der Waals surface area contributed by atoms with Crippen molar-refractivity contribution in [3.8, 4) is 11.8 Å². The highest BCUT2D eigenvalue weighted by Crippen LogP contribution is 1.99. The fourth-order valence-corrected chi connectivity index (χ4v) is 1.48. The van der Waals surface area contributed by atoms with Gasteiger partial charge in [-0.1, -0.05) is 11.8 Å². The molecule has 3 N–H and O–H groups in total. The molecule has 0 bridgehead atoms. The van der Waals surface area contributed by atoms with Crippen LogP contribution >= 0.6 is 0 Å². The summed E-state index contributed by atoms with van der Waals surface area (Å²) in [6.07, 6.45) is 3.49. The van der Waals surface area contributed by atoms with Crippen LogP contribution in [0.15, 0.2) is 24.7 Å². The van der Waals surface area contributed by atoms with Crippen molar-refractivity contribution < 1.29 is 9.90 Å². The Hall–Kier alpha value is -2.72. The SMILES string of the molecule is O=C(NCCc1ncn[nH]1)c1ccc(C#CCO)cn1. The maximum absolute atomic E-state index is 11.8. The first-order valence-corrected chi connectivity index (χ1v) is 5.98. The second kappa shape index (κ2) is 7.01. The van der Waals surface area contributed by atoms with E-state index in [1.807, 2.05) is 0 Å². The lowest BCUT2D eigenvalue weighted by atomic mass is 10.2. The predicted octanol–water partition coefficient (Wildman–Crippen LogP) is -0.484. The van der Waals surface area contributed by atoms with Crippen molar-refractivity contribution in [2.45, 2.75) is 6.42 Å². The zero-order chi connectivity index (χ0) is 14.2. The smallest absolute Gasteiger partial charge is 0.269 e. The van der Waals surface area contributed by atoms with Crippen LogP contribution in [0.4, 0.5) is 0 Å². The standard InChI is InChI=1S/C13H13N5O2/c19-7-1-2-10-3-4-11(15-8-10)13(20)14-6-5-12-16-9-17-18-12/h3-4,8-9,19H,5-7H2,(H,14,20)(H,16,17,18). The molecule has 0 aliphatic carbocycles. The third-order valence-corrected chi connectivity index (χ3v) is 2.42. The molecule has 7 heteroatoms. The number of pyridine rings is 1. The first-order valence-electron chi connectivity index (χ1n) is 5.98. The van der Waals surface area contributed by atoms with Gasteiger partial charge in [-0.05, 0) is 12.1 Å². The second-order valence-corrected chi connectivity index (χ2v) is 3.83. The third-order valence-electron chi connectivity index (χ3n) is 2.42. The summed E-state index contributed by atoms with van der Waals surface area (Å²) in [4.78, 5) is 19.8. The maximum atomic E-state index is 11.8. The molecular weight excluding hydrogens is 258 g/mol. The van der Waals surface area contributed by atoms with E-state index in [2.05, 4.69) is 37.3 Å². The van der Waals surface area contributed by atoms with Gasteiger partial charge in [0.15, 0.2) is 0 Å². The highest BCUT2D eigenvalue weighted by atomic mass is 16.2. The molecule has 7 nitrogen and oxygen atoms in total. The molecule has 2 rings (SSSR count). The van der Waals surface area contributed by atoms with Crippen molar-refractivity contribution in [2.75, 3.05) is 13.2 Å². The Balaban J connectivity index is 1.85. The molecule has 102 valence electrons. The van der Waals surface area contributed by atoms with Crippen molar-refractivity contribution in [2.24, 2.45) is 0 Å². The number of amides is 1. The number of rotatable bonds is 4. The van der Waals surface area contributed by atoms with E-state index < -0.39 is 0 Å². The minimum Gasteiger partial charge on any atom is -0.384 e. The fourth-order valence-electron chi connectivity index (χ4n) is 1.48. The number of hydrogen-bond acceptors (Lipinski definition) is 5. The van der Waals surface area contributed by atoms with Gasteiger partial charge in [0.25, 0.3) is 5.91 Å². The van der Waals surface area contributed by atoms with Crippen molar-refractivity contribution in [3.63, 3.8) is 0 Å². The van der Waals surface area contributed by atoms with Gasteiger partial charge >= 0.3 is 0 Å². The Bertz CT molecular complexity index is 610. The Morgan fingerprint density at radius 3 is 2.95 bits per heavy atom. The molecule has 1 amide bonds. The molecule has 0 saturated heterocycles. The van der Waals surface area contributed by atoms with Crippen LogP contribution in [0.2, 0.25) is 0 Å². The van der Waals surface area contributed by atoms with Gasteiger partial charge in [0, 0.05) is 24.7 Å². The number of aromatic nitrogens is 4. The van der Waals surface area contributed by atoms with E-state index in [1.54, 1.807) is 12.1 Å². The monoisotopic (exact) mass is 271 g/mol. The van der Waals surface area contributed by atoms with Gasteiger partial charge in [-0.2, -0.15) is 5.10 Å². The van der Waals surface area contributed by atoms with Gasteiger partial charge in [-0.25, -0.2) is 9.97 Å². The van der Waals surface area contributed by atoms with E-state index in [0.29, 0.717) is 30.0 Å². The highest BCUT2D eigenvalue weighted by molar-refractivity contribution is 5.92. The van der Waals surface area contributed by atoms with Gasteiger partial charge < -0.3 is 10.4 Å². The minimum atomic E-state index is -0.258. The predicted molar refractivity (Wildman–Crippen MR) is 70.6 cm³/mol. The molecule has 0 radical (unpaired) electrons. The number of nitrogens with zero attached hydrogens (tertiary/aromatic N) is 3. The number of carbonyl (C=O) groups is 1. The number of hydrogen-bond donors (Lipinski definition) is 3. The average Bonchev–Trinajstić information content (AvgIpc) is 2.99. The average molecular weight is 271 g/mol. The highest BCUT2D eigenvalue weighted by Gasteiger charge is 2.06. The first-order chi connectivity index (χ1) is 9.79. The summed E-state index contributed by atoms with van der Waals surface area (Å²) in [5.41, 5.74) is 0.967. The molecular formula is C13H13N5O2. The van der Waals surface area contributed by atoms with E-state index in [1.165, 1.54) is 12.5 Å². The molecule has 0 unspecified atom stereocenters. The van der Waals surface area contributed by atoms with E-state index in [-0.39, 0.29) is 12.5 Å². The molecule has 20 heavy (non-hydrogen) atoms. The third kappa shape index (κ3) is 3.90. The summed E-state index contributed by atoms with van der Waals surface area (Å²) in [5.74, 6) is 5.68. The van der Waals surface area contributed by atoms with Crippen LogP contribution in [0, 0.1) is 11.8 Å². The second-order valence-electron chi connectivity index (χ2n) is 3.83. The summed E-state index contributed by atoms with van der Waals surface area (Å²) in [6.45, 7) is 0.242.